The van der Waals surface area contributed by atoms with Crippen molar-refractivity contribution in [1.29, 1.82) is 0 Å². The third-order valence-electron chi connectivity index (χ3n) is 2.43. The fourth-order valence-electron chi connectivity index (χ4n) is 1.50. The van der Waals surface area contributed by atoms with Gasteiger partial charge in [0.25, 0.3) is 0 Å². The lowest BCUT2D eigenvalue weighted by Gasteiger charge is -2.07. The van der Waals surface area contributed by atoms with Gasteiger partial charge in [0.1, 0.15) is 23.7 Å². The number of hydrogen-bond donors (Lipinski definition) is 1. The molecule has 0 aliphatic heterocycles. The Balaban J connectivity index is 2.10. The van der Waals surface area contributed by atoms with Crippen LogP contribution in [0.2, 0.25) is 0 Å². The topological polar surface area (TPSA) is 76.7 Å². The van der Waals surface area contributed by atoms with Crippen molar-refractivity contribution in [3.8, 4) is 5.75 Å². The van der Waals surface area contributed by atoms with Crippen molar-refractivity contribution in [2.24, 2.45) is 0 Å². The van der Waals surface area contributed by atoms with Gasteiger partial charge in [0, 0.05) is 23.9 Å². The number of aliphatic hydroxyl groups is 1. The number of hydrogen-bond acceptors (Lipinski definition) is 5. The quantitative estimate of drug-likeness (QED) is 0.633. The minimum absolute atomic E-state index is 0.211. The Morgan fingerprint density at radius 2 is 2.11 bits per heavy atom. The SMILES string of the molecule is O=C[C@H](O)CCOc1ccc2ccc(=O)oc2c1. The molecule has 94 valence electrons. The average Bonchev–Trinajstić information content (AvgIpc) is 2.38. The summed E-state index contributed by atoms with van der Waals surface area (Å²) in [6, 6.07) is 8.12. The van der Waals surface area contributed by atoms with Crippen LogP contribution in [0.4, 0.5) is 0 Å². The van der Waals surface area contributed by atoms with Gasteiger partial charge in [-0.25, -0.2) is 4.79 Å². The highest BCUT2D eigenvalue weighted by atomic mass is 16.5. The number of aliphatic hydroxyl groups excluding tert-OH is 1. The van der Waals surface area contributed by atoms with Gasteiger partial charge in [-0.3, -0.25) is 0 Å². The van der Waals surface area contributed by atoms with Crippen LogP contribution in [0, 0.1) is 0 Å². The van der Waals surface area contributed by atoms with E-state index in [1.807, 2.05) is 0 Å². The van der Waals surface area contributed by atoms with E-state index in [1.165, 1.54) is 6.07 Å². The van der Waals surface area contributed by atoms with Gasteiger partial charge in [0.15, 0.2) is 0 Å². The molecule has 0 fully saturated rings. The molecular formula is C13H12O5. The van der Waals surface area contributed by atoms with Crippen molar-refractivity contribution in [2.45, 2.75) is 12.5 Å². The maximum absolute atomic E-state index is 11.1. The molecule has 0 aliphatic rings. The lowest BCUT2D eigenvalue weighted by molar-refractivity contribution is -0.115. The Morgan fingerprint density at radius 3 is 2.89 bits per heavy atom. The van der Waals surface area contributed by atoms with Crippen LogP contribution in [-0.2, 0) is 4.79 Å². The Labute approximate surface area is 103 Å². The van der Waals surface area contributed by atoms with Crippen LogP contribution in [-0.4, -0.2) is 24.1 Å². The van der Waals surface area contributed by atoms with Crippen LogP contribution >= 0.6 is 0 Å². The van der Waals surface area contributed by atoms with Crippen LogP contribution in [0.3, 0.4) is 0 Å². The first-order valence-electron chi connectivity index (χ1n) is 5.49. The number of carbonyl (C=O) groups is 1. The molecule has 5 heteroatoms. The third-order valence-corrected chi connectivity index (χ3v) is 2.43. The fourth-order valence-corrected chi connectivity index (χ4v) is 1.50. The second-order valence-corrected chi connectivity index (χ2v) is 3.79. The van der Waals surface area contributed by atoms with Crippen LogP contribution in [0.25, 0.3) is 11.0 Å². The van der Waals surface area contributed by atoms with E-state index < -0.39 is 11.7 Å². The molecular weight excluding hydrogens is 236 g/mol. The Kier molecular flexibility index (Phi) is 3.74. The number of fused-ring (bicyclic) bond motifs is 1. The van der Waals surface area contributed by atoms with Gasteiger partial charge >= 0.3 is 5.63 Å². The summed E-state index contributed by atoms with van der Waals surface area (Å²) in [5.41, 5.74) is 0.0203. The smallest absolute Gasteiger partial charge is 0.336 e. The maximum Gasteiger partial charge on any atom is 0.336 e. The van der Waals surface area contributed by atoms with Crippen LogP contribution in [0.5, 0.6) is 5.75 Å². The number of rotatable bonds is 5. The van der Waals surface area contributed by atoms with E-state index in [0.29, 0.717) is 17.6 Å². The van der Waals surface area contributed by atoms with Crippen LogP contribution < -0.4 is 10.4 Å². The van der Waals surface area contributed by atoms with Crippen LogP contribution in [0.15, 0.2) is 39.5 Å². The Bertz CT molecular complexity index is 602. The van der Waals surface area contributed by atoms with E-state index in [2.05, 4.69) is 0 Å². The molecule has 0 spiro atoms. The Hall–Kier alpha value is -2.14. The molecule has 0 radical (unpaired) electrons. The van der Waals surface area contributed by atoms with Crippen molar-refractivity contribution < 1.29 is 19.1 Å². The summed E-state index contributed by atoms with van der Waals surface area (Å²) in [6.07, 6.45) is -0.327. The standard InChI is InChI=1S/C13H12O5/c14-8-10(15)5-6-17-11-3-1-9-2-4-13(16)18-12(9)7-11/h1-4,7-8,10,15H,5-6H2/t10-/m1/s1. The van der Waals surface area contributed by atoms with E-state index in [9.17, 15) is 9.59 Å². The summed E-state index contributed by atoms with van der Waals surface area (Å²) in [5, 5.41) is 9.84. The first-order chi connectivity index (χ1) is 8.69. The predicted molar refractivity (Wildman–Crippen MR) is 64.7 cm³/mol. The summed E-state index contributed by atoms with van der Waals surface area (Å²) >= 11 is 0. The van der Waals surface area contributed by atoms with Gasteiger partial charge < -0.3 is 19.1 Å². The zero-order valence-corrected chi connectivity index (χ0v) is 9.54. The highest BCUT2D eigenvalue weighted by Crippen LogP contribution is 2.19. The number of ether oxygens (including phenoxy) is 1. The second kappa shape index (κ2) is 5.46. The normalized spacial score (nSPS) is 12.3. The predicted octanol–water partition coefficient (Wildman–Crippen LogP) is 1.12. The molecule has 0 amide bonds. The zero-order chi connectivity index (χ0) is 13.0. The molecule has 0 unspecified atom stereocenters. The van der Waals surface area contributed by atoms with E-state index >= 15 is 0 Å². The lowest BCUT2D eigenvalue weighted by atomic mass is 10.2. The van der Waals surface area contributed by atoms with Crippen molar-refractivity contribution in [3.05, 3.63) is 40.8 Å². The van der Waals surface area contributed by atoms with Crippen molar-refractivity contribution in [2.75, 3.05) is 6.61 Å². The molecule has 0 saturated heterocycles. The summed E-state index contributed by atoms with van der Waals surface area (Å²) in [7, 11) is 0. The summed E-state index contributed by atoms with van der Waals surface area (Å²) in [6.45, 7) is 0.211. The van der Waals surface area contributed by atoms with Gasteiger partial charge in [-0.15, -0.1) is 0 Å². The lowest BCUT2D eigenvalue weighted by Crippen LogP contribution is -2.12. The van der Waals surface area contributed by atoms with Gasteiger partial charge in [-0.05, 0) is 18.2 Å². The number of aldehydes is 1. The van der Waals surface area contributed by atoms with E-state index in [4.69, 9.17) is 14.3 Å². The van der Waals surface area contributed by atoms with E-state index in [1.54, 1.807) is 24.3 Å². The first-order valence-corrected chi connectivity index (χ1v) is 5.49. The average molecular weight is 248 g/mol. The molecule has 2 rings (SSSR count). The minimum Gasteiger partial charge on any atom is -0.493 e. The molecule has 1 heterocycles. The highest BCUT2D eigenvalue weighted by molar-refractivity contribution is 5.77. The maximum atomic E-state index is 11.1. The number of carbonyl (C=O) groups excluding carboxylic acids is 1. The second-order valence-electron chi connectivity index (χ2n) is 3.79. The van der Waals surface area contributed by atoms with E-state index in [0.717, 1.165) is 5.39 Å². The van der Waals surface area contributed by atoms with E-state index in [-0.39, 0.29) is 13.0 Å². The van der Waals surface area contributed by atoms with Gasteiger partial charge in [-0.1, -0.05) is 0 Å². The molecule has 1 aromatic heterocycles. The molecule has 0 bridgehead atoms. The monoisotopic (exact) mass is 248 g/mol. The molecule has 0 aliphatic carbocycles. The largest absolute Gasteiger partial charge is 0.493 e. The molecule has 1 N–H and O–H groups in total. The Morgan fingerprint density at radius 1 is 1.33 bits per heavy atom. The third kappa shape index (κ3) is 2.95. The van der Waals surface area contributed by atoms with Crippen molar-refractivity contribution in [1.82, 2.24) is 0 Å². The summed E-state index contributed by atoms with van der Waals surface area (Å²) < 4.78 is 10.4. The molecule has 18 heavy (non-hydrogen) atoms. The minimum atomic E-state index is -1.01. The summed E-state index contributed by atoms with van der Waals surface area (Å²) in [5.74, 6) is 0.523. The van der Waals surface area contributed by atoms with Crippen molar-refractivity contribution in [3.63, 3.8) is 0 Å². The van der Waals surface area contributed by atoms with Gasteiger partial charge in [-0.2, -0.15) is 0 Å². The number of benzene rings is 1. The zero-order valence-electron chi connectivity index (χ0n) is 9.54. The molecule has 5 nitrogen and oxygen atoms in total. The summed E-state index contributed by atoms with van der Waals surface area (Å²) in [4.78, 5) is 21.3. The first kappa shape index (κ1) is 12.3. The van der Waals surface area contributed by atoms with Gasteiger partial charge in [0.05, 0.1) is 6.61 Å². The fraction of sp³-hybridized carbons (Fsp3) is 0.231. The molecule has 1 aromatic carbocycles. The van der Waals surface area contributed by atoms with Gasteiger partial charge in [0.2, 0.25) is 0 Å². The van der Waals surface area contributed by atoms with Crippen molar-refractivity contribution >= 4 is 17.3 Å². The highest BCUT2D eigenvalue weighted by Gasteiger charge is 2.03. The van der Waals surface area contributed by atoms with Crippen LogP contribution in [0.1, 0.15) is 6.42 Å². The molecule has 1 atom stereocenters. The molecule has 0 saturated carbocycles. The molecule has 2 aromatic rings.